The molecule has 2 aliphatic rings. The zero-order valence-corrected chi connectivity index (χ0v) is 14.7. The number of rotatable bonds is 2. The van der Waals surface area contributed by atoms with Gasteiger partial charge in [-0.1, -0.05) is 53.9 Å². The summed E-state index contributed by atoms with van der Waals surface area (Å²) >= 11 is 12.0. The van der Waals surface area contributed by atoms with Crippen LogP contribution >= 0.6 is 23.2 Å². The zero-order chi connectivity index (χ0) is 16.7. The Hall–Kier alpha value is -1.35. The molecule has 24 heavy (non-hydrogen) atoms. The Bertz CT molecular complexity index is 680. The van der Waals surface area contributed by atoms with Gasteiger partial charge in [0, 0.05) is 34.0 Å². The van der Waals surface area contributed by atoms with Crippen LogP contribution in [0.1, 0.15) is 42.5 Å². The Morgan fingerprint density at radius 3 is 1.58 bits per heavy atom. The van der Waals surface area contributed by atoms with Crippen LogP contribution in [0, 0.1) is 11.8 Å². The monoisotopic (exact) mass is 359 g/mol. The molecule has 1 saturated heterocycles. The number of hydrogen-bond acceptors (Lipinski definition) is 2. The number of halogens is 2. The Balaban J connectivity index is 1.71. The van der Waals surface area contributed by atoms with E-state index in [0.717, 1.165) is 40.4 Å². The Labute approximate surface area is 152 Å². The largest absolute Gasteiger partial charge is 0.302 e. The first-order valence-corrected chi connectivity index (χ1v) is 9.20. The van der Waals surface area contributed by atoms with Crippen LogP contribution in [0.4, 0.5) is 0 Å². The van der Waals surface area contributed by atoms with E-state index < -0.39 is 0 Å². The third kappa shape index (κ3) is 2.88. The molecule has 2 fully saturated rings. The SMILES string of the molecule is O=C1[C@@H]2CCC[C@@H]1[C@@H](c1ccc(Cl)cc1)N[C@@H]2c1ccc(Cl)cc1. The Kier molecular flexibility index (Phi) is 4.38. The van der Waals surface area contributed by atoms with Crippen LogP contribution in [0.25, 0.3) is 0 Å². The normalized spacial score (nSPS) is 29.5. The molecular weight excluding hydrogens is 341 g/mol. The lowest BCUT2D eigenvalue weighted by atomic mass is 9.67. The van der Waals surface area contributed by atoms with E-state index in [-0.39, 0.29) is 23.9 Å². The van der Waals surface area contributed by atoms with E-state index in [2.05, 4.69) is 5.32 Å². The molecule has 0 radical (unpaired) electrons. The summed E-state index contributed by atoms with van der Waals surface area (Å²) in [6.45, 7) is 0. The molecule has 2 bridgehead atoms. The fraction of sp³-hybridized carbons (Fsp3) is 0.350. The van der Waals surface area contributed by atoms with Crippen molar-refractivity contribution in [3.8, 4) is 0 Å². The van der Waals surface area contributed by atoms with Crippen molar-refractivity contribution in [1.29, 1.82) is 0 Å². The lowest BCUT2D eigenvalue weighted by Crippen LogP contribution is -2.50. The van der Waals surface area contributed by atoms with Crippen molar-refractivity contribution in [3.05, 3.63) is 69.7 Å². The molecule has 0 unspecified atom stereocenters. The van der Waals surface area contributed by atoms with Gasteiger partial charge in [-0.05, 0) is 48.2 Å². The van der Waals surface area contributed by atoms with Gasteiger partial charge in [-0.25, -0.2) is 0 Å². The maximum absolute atomic E-state index is 13.0. The van der Waals surface area contributed by atoms with Gasteiger partial charge in [0.05, 0.1) is 0 Å². The van der Waals surface area contributed by atoms with Gasteiger partial charge in [0.15, 0.2) is 0 Å². The van der Waals surface area contributed by atoms with Gasteiger partial charge in [0.25, 0.3) is 0 Å². The summed E-state index contributed by atoms with van der Waals surface area (Å²) in [6.07, 6.45) is 3.03. The summed E-state index contributed by atoms with van der Waals surface area (Å²) in [4.78, 5) is 13.0. The minimum absolute atomic E-state index is 0.0481. The summed E-state index contributed by atoms with van der Waals surface area (Å²) in [5.74, 6) is 0.529. The van der Waals surface area contributed by atoms with Crippen molar-refractivity contribution in [2.24, 2.45) is 11.8 Å². The van der Waals surface area contributed by atoms with Crippen molar-refractivity contribution in [2.75, 3.05) is 0 Å². The number of ketones is 1. The number of nitrogens with one attached hydrogen (secondary N) is 1. The van der Waals surface area contributed by atoms with Crippen molar-refractivity contribution in [3.63, 3.8) is 0 Å². The minimum atomic E-state index is 0.0481. The van der Waals surface area contributed by atoms with Crippen LogP contribution in [-0.4, -0.2) is 5.78 Å². The summed E-state index contributed by atoms with van der Waals surface area (Å²) in [7, 11) is 0. The van der Waals surface area contributed by atoms with Crippen LogP contribution < -0.4 is 5.32 Å². The highest BCUT2D eigenvalue weighted by Crippen LogP contribution is 2.45. The molecule has 1 aliphatic carbocycles. The average Bonchev–Trinajstić information content (AvgIpc) is 2.57. The first-order valence-electron chi connectivity index (χ1n) is 8.44. The van der Waals surface area contributed by atoms with E-state index in [0.29, 0.717) is 5.78 Å². The van der Waals surface area contributed by atoms with Gasteiger partial charge in [0.2, 0.25) is 0 Å². The van der Waals surface area contributed by atoms with Crippen molar-refractivity contribution >= 4 is 29.0 Å². The Morgan fingerprint density at radius 2 is 1.17 bits per heavy atom. The van der Waals surface area contributed by atoms with Gasteiger partial charge in [-0.2, -0.15) is 0 Å². The summed E-state index contributed by atoms with van der Waals surface area (Å²) in [5.41, 5.74) is 2.27. The van der Waals surface area contributed by atoms with Gasteiger partial charge >= 0.3 is 0 Å². The van der Waals surface area contributed by atoms with E-state index in [1.165, 1.54) is 0 Å². The first-order chi connectivity index (χ1) is 11.6. The minimum Gasteiger partial charge on any atom is -0.302 e. The number of fused-ring (bicyclic) bond motifs is 2. The number of benzene rings is 2. The van der Waals surface area contributed by atoms with Crippen LogP contribution in [-0.2, 0) is 4.79 Å². The third-order valence-electron chi connectivity index (χ3n) is 5.38. The van der Waals surface area contributed by atoms with Crippen LogP contribution in [0.2, 0.25) is 10.0 Å². The number of carbonyl (C=O) groups excluding carboxylic acids is 1. The van der Waals surface area contributed by atoms with E-state index in [4.69, 9.17) is 23.2 Å². The molecule has 2 aromatic rings. The fourth-order valence-corrected chi connectivity index (χ4v) is 4.45. The summed E-state index contributed by atoms with van der Waals surface area (Å²) in [6, 6.07) is 15.8. The molecule has 1 N–H and O–H groups in total. The molecule has 1 saturated carbocycles. The fourth-order valence-electron chi connectivity index (χ4n) is 4.20. The molecule has 4 heteroatoms. The summed E-state index contributed by atoms with van der Waals surface area (Å²) < 4.78 is 0. The van der Waals surface area contributed by atoms with Crippen LogP contribution in [0.15, 0.2) is 48.5 Å². The van der Waals surface area contributed by atoms with Gasteiger partial charge in [-0.15, -0.1) is 0 Å². The predicted octanol–water partition coefficient (Wildman–Crippen LogP) is 5.36. The standard InChI is InChI=1S/C20H19Cl2NO/c21-14-8-4-12(5-9-14)18-16-2-1-3-17(20(16)24)19(23-18)13-6-10-15(22)11-7-13/h4-11,16-19,23H,1-3H2/t16-,17-,18-,19-/m1/s1. The molecule has 0 amide bonds. The molecular formula is C20H19Cl2NO. The molecule has 1 heterocycles. The van der Waals surface area contributed by atoms with E-state index in [9.17, 15) is 4.79 Å². The van der Waals surface area contributed by atoms with Crippen LogP contribution in [0.3, 0.4) is 0 Å². The quantitative estimate of drug-likeness (QED) is 0.781. The summed E-state index contributed by atoms with van der Waals surface area (Å²) in [5, 5.41) is 5.19. The predicted molar refractivity (Wildman–Crippen MR) is 97.4 cm³/mol. The first kappa shape index (κ1) is 16.1. The lowest BCUT2D eigenvalue weighted by molar-refractivity contribution is -0.135. The van der Waals surface area contributed by atoms with Crippen LogP contribution in [0.5, 0.6) is 0 Å². The van der Waals surface area contributed by atoms with Gasteiger partial charge in [-0.3, -0.25) is 4.79 Å². The second-order valence-electron chi connectivity index (χ2n) is 6.77. The maximum atomic E-state index is 13.0. The second-order valence-corrected chi connectivity index (χ2v) is 7.64. The highest BCUT2D eigenvalue weighted by Gasteiger charge is 2.46. The second kappa shape index (κ2) is 6.51. The molecule has 4 atom stereocenters. The van der Waals surface area contributed by atoms with E-state index >= 15 is 0 Å². The maximum Gasteiger partial charge on any atom is 0.142 e. The molecule has 4 rings (SSSR count). The topological polar surface area (TPSA) is 29.1 Å². The highest BCUT2D eigenvalue weighted by atomic mass is 35.5. The molecule has 2 aromatic carbocycles. The highest BCUT2D eigenvalue weighted by molar-refractivity contribution is 6.30. The number of piperidine rings is 1. The third-order valence-corrected chi connectivity index (χ3v) is 5.89. The lowest BCUT2D eigenvalue weighted by Gasteiger charge is -2.45. The van der Waals surface area contributed by atoms with Gasteiger partial charge in [0.1, 0.15) is 5.78 Å². The molecule has 124 valence electrons. The van der Waals surface area contributed by atoms with Crippen molar-refractivity contribution < 1.29 is 4.79 Å². The van der Waals surface area contributed by atoms with Crippen molar-refractivity contribution in [1.82, 2.24) is 5.32 Å². The number of Topliss-reactive ketones (excluding diaryl/α,β-unsaturated/α-hetero) is 1. The zero-order valence-electron chi connectivity index (χ0n) is 13.2. The average molecular weight is 360 g/mol. The number of carbonyl (C=O) groups is 1. The molecule has 2 nitrogen and oxygen atoms in total. The van der Waals surface area contributed by atoms with E-state index in [1.807, 2.05) is 48.5 Å². The van der Waals surface area contributed by atoms with Crippen molar-refractivity contribution in [2.45, 2.75) is 31.3 Å². The van der Waals surface area contributed by atoms with Gasteiger partial charge < -0.3 is 5.32 Å². The molecule has 0 aromatic heterocycles. The smallest absolute Gasteiger partial charge is 0.142 e. The number of hydrogen-bond donors (Lipinski definition) is 1. The molecule has 0 spiro atoms. The molecule has 1 aliphatic heterocycles. The van der Waals surface area contributed by atoms with E-state index in [1.54, 1.807) is 0 Å². The Morgan fingerprint density at radius 1 is 0.750 bits per heavy atom.